The van der Waals surface area contributed by atoms with Crippen LogP contribution in [0.5, 0.6) is 0 Å². The van der Waals surface area contributed by atoms with Crippen molar-refractivity contribution in [1.29, 1.82) is 0 Å². The lowest BCUT2D eigenvalue weighted by Gasteiger charge is -2.41. The van der Waals surface area contributed by atoms with E-state index in [1.54, 1.807) is 0 Å². The summed E-state index contributed by atoms with van der Waals surface area (Å²) in [5.41, 5.74) is 0. The lowest BCUT2D eigenvalue weighted by Crippen LogP contribution is -2.64. The van der Waals surface area contributed by atoms with E-state index in [0.717, 1.165) is 89.9 Å². The van der Waals surface area contributed by atoms with E-state index in [9.17, 15) is 39.8 Å². The predicted molar refractivity (Wildman–Crippen MR) is 230 cm³/mol. The van der Waals surface area contributed by atoms with Crippen molar-refractivity contribution in [2.24, 2.45) is 0 Å². The fraction of sp³-hybridized carbons (Fsp3) is 0.711. The van der Waals surface area contributed by atoms with Crippen LogP contribution in [0.15, 0.2) is 72.9 Å². The minimum absolute atomic E-state index is 0.0980. The van der Waals surface area contributed by atoms with Gasteiger partial charge in [0.1, 0.15) is 42.7 Å². The number of aliphatic hydroxyl groups excluding tert-OH is 5. The van der Waals surface area contributed by atoms with Gasteiger partial charge in [-0.05, 0) is 77.0 Å². The second kappa shape index (κ2) is 35.5. The summed E-state index contributed by atoms with van der Waals surface area (Å²) >= 11 is 0. The number of rotatable bonds is 35. The van der Waals surface area contributed by atoms with Gasteiger partial charge in [-0.1, -0.05) is 132 Å². The molecule has 0 spiro atoms. The van der Waals surface area contributed by atoms with E-state index < -0.39 is 63.1 Å². The molecule has 6 unspecified atom stereocenters. The van der Waals surface area contributed by atoms with Crippen molar-refractivity contribution >= 4 is 13.8 Å². The maximum Gasteiger partial charge on any atom is 0.472 e. The number of ether oxygens (including phenoxy) is 2. The van der Waals surface area contributed by atoms with E-state index in [0.29, 0.717) is 13.0 Å². The first-order chi connectivity index (χ1) is 28.0. The van der Waals surface area contributed by atoms with Gasteiger partial charge in [-0.25, -0.2) is 4.57 Å². The molecule has 6 atom stereocenters. The van der Waals surface area contributed by atoms with Crippen molar-refractivity contribution in [3.05, 3.63) is 72.9 Å². The highest BCUT2D eigenvalue weighted by Gasteiger charge is 2.51. The van der Waals surface area contributed by atoms with E-state index in [-0.39, 0.29) is 13.0 Å². The van der Waals surface area contributed by atoms with E-state index >= 15 is 0 Å². The standard InChI is InChI=1S/C45H77O12P/c1-3-5-7-9-11-13-15-17-18-19-20-21-23-25-27-29-31-33-35-54-36-38(37-55-58(52,53)57-45-43(50)41(48)40(47)42(49)44(45)51)56-39(46)34-32-30-28-26-24-22-16-14-12-10-8-6-4-2/h5-8,11-14,17-18,22,24,38,40-45,47-51H,3-4,9-10,15-16,19-21,23,25-37H2,1-2H3,(H,52,53)/b7-5-,8-6-,13-11-,14-12-,18-17-,24-22-. The number of phosphoric ester groups is 1. The van der Waals surface area contributed by atoms with Crippen molar-refractivity contribution in [3.8, 4) is 0 Å². The second-order valence-electron chi connectivity index (χ2n) is 14.8. The van der Waals surface area contributed by atoms with Gasteiger partial charge in [-0.2, -0.15) is 0 Å². The molecular formula is C45H77O12P. The van der Waals surface area contributed by atoms with Crippen LogP contribution in [0.25, 0.3) is 0 Å². The Balaban J connectivity index is 2.43. The third kappa shape index (κ3) is 27.5. The Morgan fingerprint density at radius 2 is 0.966 bits per heavy atom. The largest absolute Gasteiger partial charge is 0.472 e. The molecule has 1 aliphatic rings. The van der Waals surface area contributed by atoms with Crippen LogP contribution in [0.3, 0.4) is 0 Å². The van der Waals surface area contributed by atoms with Crippen LogP contribution < -0.4 is 0 Å². The Kier molecular flexibility index (Phi) is 33.0. The smallest absolute Gasteiger partial charge is 0.457 e. The Hall–Kier alpha value is -2.22. The highest BCUT2D eigenvalue weighted by molar-refractivity contribution is 7.47. The van der Waals surface area contributed by atoms with Crippen LogP contribution in [0, 0.1) is 0 Å². The number of allylic oxidation sites excluding steroid dienone is 12. The fourth-order valence-corrected chi connectivity index (χ4v) is 7.12. The molecule has 58 heavy (non-hydrogen) atoms. The van der Waals surface area contributed by atoms with E-state index in [1.165, 1.54) is 25.7 Å². The Labute approximate surface area is 349 Å². The zero-order chi connectivity index (χ0) is 42.7. The molecule has 12 nitrogen and oxygen atoms in total. The van der Waals surface area contributed by atoms with E-state index in [2.05, 4.69) is 86.8 Å². The molecule has 1 aliphatic carbocycles. The number of carbonyl (C=O) groups excluding carboxylic acids is 1. The van der Waals surface area contributed by atoms with E-state index in [4.69, 9.17) is 18.5 Å². The van der Waals surface area contributed by atoms with Gasteiger partial charge in [0.2, 0.25) is 0 Å². The number of phosphoric acid groups is 1. The minimum atomic E-state index is -5.03. The van der Waals surface area contributed by atoms with Crippen molar-refractivity contribution in [2.45, 2.75) is 185 Å². The zero-order valence-corrected chi connectivity index (χ0v) is 36.2. The first kappa shape index (κ1) is 53.8. The van der Waals surface area contributed by atoms with Crippen LogP contribution in [0.4, 0.5) is 0 Å². The van der Waals surface area contributed by atoms with Crippen molar-refractivity contribution in [2.75, 3.05) is 19.8 Å². The molecular weight excluding hydrogens is 763 g/mol. The first-order valence-corrected chi connectivity index (χ1v) is 23.3. The summed E-state index contributed by atoms with van der Waals surface area (Å²) in [6, 6.07) is 0. The molecule has 0 aromatic rings. The minimum Gasteiger partial charge on any atom is -0.457 e. The van der Waals surface area contributed by atoms with Crippen LogP contribution in [0.1, 0.15) is 142 Å². The monoisotopic (exact) mass is 841 g/mol. The number of hydrogen-bond acceptors (Lipinski definition) is 11. The molecule has 0 aromatic heterocycles. The molecule has 0 saturated heterocycles. The van der Waals surface area contributed by atoms with Gasteiger partial charge < -0.3 is 39.9 Å². The topological polar surface area (TPSA) is 192 Å². The summed E-state index contributed by atoms with van der Waals surface area (Å²) in [6.45, 7) is 3.96. The molecule has 0 aliphatic heterocycles. The van der Waals surface area contributed by atoms with Crippen molar-refractivity contribution in [3.63, 3.8) is 0 Å². The van der Waals surface area contributed by atoms with Crippen LogP contribution >= 0.6 is 7.82 Å². The molecule has 1 rings (SSSR count). The summed E-state index contributed by atoms with van der Waals surface area (Å²) in [5.74, 6) is -0.513. The number of unbranched alkanes of at least 4 members (excludes halogenated alkanes) is 11. The molecule has 13 heteroatoms. The van der Waals surface area contributed by atoms with Crippen LogP contribution in [0.2, 0.25) is 0 Å². The average Bonchev–Trinajstić information content (AvgIpc) is 3.21. The fourth-order valence-electron chi connectivity index (χ4n) is 6.15. The number of hydrogen-bond donors (Lipinski definition) is 6. The normalized spacial score (nSPS) is 23.4. The first-order valence-electron chi connectivity index (χ1n) is 21.8. The highest BCUT2D eigenvalue weighted by Crippen LogP contribution is 2.47. The number of carbonyl (C=O) groups is 1. The third-order valence-electron chi connectivity index (χ3n) is 9.57. The summed E-state index contributed by atoms with van der Waals surface area (Å²) in [4.78, 5) is 23.1. The number of esters is 1. The SMILES string of the molecule is CC/C=C\C/C=C\C/C=C\CCCCCCCCCCOCC(COP(=O)(O)OC1C(O)C(O)C(O)C(O)C1O)OC(=O)CCCCC/C=C\C/C=C\C/C=C\CC. The van der Waals surface area contributed by atoms with Gasteiger partial charge in [0.05, 0.1) is 13.2 Å². The molecule has 0 heterocycles. The summed E-state index contributed by atoms with van der Waals surface area (Å²) in [7, 11) is -5.03. The molecule has 1 saturated carbocycles. The molecule has 6 N–H and O–H groups in total. The van der Waals surface area contributed by atoms with Crippen LogP contribution in [-0.2, 0) is 27.9 Å². The lowest BCUT2D eigenvalue weighted by atomic mass is 9.85. The molecule has 0 radical (unpaired) electrons. The molecule has 334 valence electrons. The predicted octanol–water partition coefficient (Wildman–Crippen LogP) is 8.41. The summed E-state index contributed by atoms with van der Waals surface area (Å²) in [6.07, 6.45) is 32.6. The average molecular weight is 841 g/mol. The lowest BCUT2D eigenvalue weighted by molar-refractivity contribution is -0.220. The maximum absolute atomic E-state index is 12.8. The van der Waals surface area contributed by atoms with Gasteiger partial charge in [-0.3, -0.25) is 13.8 Å². The Morgan fingerprint density at radius 1 is 0.552 bits per heavy atom. The second-order valence-corrected chi connectivity index (χ2v) is 16.2. The summed E-state index contributed by atoms with van der Waals surface area (Å²) in [5, 5.41) is 50.1. The third-order valence-corrected chi connectivity index (χ3v) is 10.6. The maximum atomic E-state index is 12.8. The van der Waals surface area contributed by atoms with Gasteiger partial charge in [0, 0.05) is 13.0 Å². The highest BCUT2D eigenvalue weighted by atomic mass is 31.2. The quantitative estimate of drug-likeness (QED) is 0.0155. The Bertz CT molecular complexity index is 1230. The molecule has 0 amide bonds. The molecule has 0 bridgehead atoms. The van der Waals surface area contributed by atoms with Gasteiger partial charge in [0.15, 0.2) is 0 Å². The van der Waals surface area contributed by atoms with E-state index in [1.807, 2.05) is 0 Å². The van der Waals surface area contributed by atoms with Crippen molar-refractivity contribution in [1.82, 2.24) is 0 Å². The molecule has 1 fully saturated rings. The zero-order valence-electron chi connectivity index (χ0n) is 35.3. The van der Waals surface area contributed by atoms with Crippen LogP contribution in [-0.4, -0.2) is 98.9 Å². The van der Waals surface area contributed by atoms with Crippen molar-refractivity contribution < 1.29 is 58.3 Å². The summed E-state index contributed by atoms with van der Waals surface area (Å²) < 4.78 is 34.1. The number of aliphatic hydroxyl groups is 5. The van der Waals surface area contributed by atoms with Gasteiger partial charge in [-0.15, -0.1) is 0 Å². The Morgan fingerprint density at radius 3 is 1.47 bits per heavy atom. The molecule has 0 aromatic carbocycles. The van der Waals surface area contributed by atoms with Gasteiger partial charge in [0.25, 0.3) is 0 Å². The van der Waals surface area contributed by atoms with Gasteiger partial charge >= 0.3 is 13.8 Å².